The number of rotatable bonds is 4. The van der Waals surface area contributed by atoms with E-state index in [-0.39, 0.29) is 12.5 Å². The highest BCUT2D eigenvalue weighted by atomic mass is 16.3. The molecule has 2 heteroatoms. The number of hydrogen-bond acceptors (Lipinski definition) is 2. The van der Waals surface area contributed by atoms with E-state index >= 15 is 0 Å². The second-order valence-corrected chi connectivity index (χ2v) is 3.28. The molecule has 0 heterocycles. The van der Waals surface area contributed by atoms with E-state index in [0.717, 1.165) is 0 Å². The number of benzene rings is 1. The maximum atomic E-state index is 9.24. The molecule has 0 aliphatic rings. The van der Waals surface area contributed by atoms with E-state index in [4.69, 9.17) is 0 Å². The molecule has 0 fully saturated rings. The number of aliphatic hydroxyl groups is 1. The van der Waals surface area contributed by atoms with Crippen LogP contribution in [0, 0.1) is 0 Å². The van der Waals surface area contributed by atoms with Crippen LogP contribution in [0.2, 0.25) is 0 Å². The summed E-state index contributed by atoms with van der Waals surface area (Å²) < 4.78 is 0. The average molecular weight is 179 g/mol. The van der Waals surface area contributed by atoms with Crippen molar-refractivity contribution in [2.75, 3.05) is 13.7 Å². The van der Waals surface area contributed by atoms with Crippen molar-refractivity contribution in [3.05, 3.63) is 35.9 Å². The topological polar surface area (TPSA) is 32.3 Å². The Balaban J connectivity index is 2.78. The highest BCUT2D eigenvalue weighted by Crippen LogP contribution is 2.18. The molecule has 1 aromatic rings. The van der Waals surface area contributed by atoms with Crippen LogP contribution < -0.4 is 5.32 Å². The molecule has 0 aliphatic heterocycles. The molecule has 2 unspecified atom stereocenters. The van der Waals surface area contributed by atoms with Gasteiger partial charge in [0.15, 0.2) is 0 Å². The van der Waals surface area contributed by atoms with Gasteiger partial charge in [0.05, 0.1) is 6.61 Å². The van der Waals surface area contributed by atoms with Gasteiger partial charge in [-0.25, -0.2) is 0 Å². The van der Waals surface area contributed by atoms with Crippen LogP contribution in [0.4, 0.5) is 0 Å². The number of likely N-dealkylation sites (N-methyl/N-ethyl adjacent to an activating group) is 1. The van der Waals surface area contributed by atoms with E-state index in [2.05, 4.69) is 24.4 Å². The van der Waals surface area contributed by atoms with Crippen LogP contribution in [0.5, 0.6) is 0 Å². The summed E-state index contributed by atoms with van der Waals surface area (Å²) in [6.07, 6.45) is 0. The third-order valence-electron chi connectivity index (χ3n) is 2.48. The monoisotopic (exact) mass is 179 g/mol. The fourth-order valence-electron chi connectivity index (χ4n) is 1.45. The molecule has 0 amide bonds. The third-order valence-corrected chi connectivity index (χ3v) is 2.48. The lowest BCUT2D eigenvalue weighted by atomic mass is 9.93. The van der Waals surface area contributed by atoms with Crippen LogP contribution in [0.3, 0.4) is 0 Å². The zero-order chi connectivity index (χ0) is 9.68. The first kappa shape index (κ1) is 10.2. The molecule has 2 atom stereocenters. The Bertz CT molecular complexity index is 235. The van der Waals surface area contributed by atoms with E-state index < -0.39 is 0 Å². The Kier molecular flexibility index (Phi) is 3.93. The Labute approximate surface area is 79.6 Å². The molecule has 1 rings (SSSR count). The van der Waals surface area contributed by atoms with Crippen LogP contribution in [0.15, 0.2) is 30.3 Å². The summed E-state index contributed by atoms with van der Waals surface area (Å²) in [5.74, 6) is 0.186. The first-order chi connectivity index (χ1) is 6.29. The third kappa shape index (κ3) is 2.54. The molecule has 2 N–H and O–H groups in total. The van der Waals surface area contributed by atoms with E-state index in [1.165, 1.54) is 5.56 Å². The van der Waals surface area contributed by atoms with Crippen molar-refractivity contribution < 1.29 is 5.11 Å². The largest absolute Gasteiger partial charge is 0.396 e. The van der Waals surface area contributed by atoms with Gasteiger partial charge in [0, 0.05) is 12.0 Å². The van der Waals surface area contributed by atoms with Gasteiger partial charge in [0.2, 0.25) is 0 Å². The Morgan fingerprint density at radius 2 is 1.92 bits per heavy atom. The van der Waals surface area contributed by atoms with Crippen LogP contribution in [0.25, 0.3) is 0 Å². The van der Waals surface area contributed by atoms with Gasteiger partial charge in [-0.2, -0.15) is 0 Å². The maximum Gasteiger partial charge on any atom is 0.0514 e. The Morgan fingerprint density at radius 1 is 1.31 bits per heavy atom. The number of nitrogens with one attached hydrogen (secondary N) is 1. The van der Waals surface area contributed by atoms with Gasteiger partial charge in [0.25, 0.3) is 0 Å². The number of aliphatic hydroxyl groups excluding tert-OH is 1. The molecule has 0 saturated heterocycles. The van der Waals surface area contributed by atoms with Crippen LogP contribution >= 0.6 is 0 Å². The molecule has 1 aromatic carbocycles. The van der Waals surface area contributed by atoms with Crippen molar-refractivity contribution in [3.63, 3.8) is 0 Å². The van der Waals surface area contributed by atoms with Crippen molar-refractivity contribution in [3.8, 4) is 0 Å². The van der Waals surface area contributed by atoms with E-state index in [0.29, 0.717) is 6.04 Å². The van der Waals surface area contributed by atoms with Crippen LogP contribution in [-0.4, -0.2) is 24.8 Å². The molecule has 13 heavy (non-hydrogen) atoms. The smallest absolute Gasteiger partial charge is 0.0514 e. The highest BCUT2D eigenvalue weighted by Gasteiger charge is 2.15. The lowest BCUT2D eigenvalue weighted by Crippen LogP contribution is -2.30. The van der Waals surface area contributed by atoms with Gasteiger partial charge in [-0.3, -0.25) is 0 Å². The van der Waals surface area contributed by atoms with Gasteiger partial charge in [0.1, 0.15) is 0 Å². The van der Waals surface area contributed by atoms with Crippen LogP contribution in [-0.2, 0) is 0 Å². The first-order valence-electron chi connectivity index (χ1n) is 4.62. The molecule has 0 saturated carbocycles. The lowest BCUT2D eigenvalue weighted by Gasteiger charge is -2.21. The summed E-state index contributed by atoms with van der Waals surface area (Å²) in [6, 6.07) is 10.4. The average Bonchev–Trinajstić information content (AvgIpc) is 2.20. The summed E-state index contributed by atoms with van der Waals surface area (Å²) >= 11 is 0. The van der Waals surface area contributed by atoms with Crippen molar-refractivity contribution in [2.24, 2.45) is 0 Å². The van der Waals surface area contributed by atoms with E-state index in [1.54, 1.807) is 0 Å². The molecular formula is C11H17NO. The van der Waals surface area contributed by atoms with Crippen molar-refractivity contribution in [2.45, 2.75) is 18.9 Å². The van der Waals surface area contributed by atoms with E-state index in [9.17, 15) is 5.11 Å². The fraction of sp³-hybridized carbons (Fsp3) is 0.455. The maximum absolute atomic E-state index is 9.24. The normalized spacial score (nSPS) is 15.3. The minimum Gasteiger partial charge on any atom is -0.396 e. The summed E-state index contributed by atoms with van der Waals surface area (Å²) in [4.78, 5) is 0. The Hall–Kier alpha value is -0.860. The van der Waals surface area contributed by atoms with Crippen molar-refractivity contribution >= 4 is 0 Å². The molecule has 0 bridgehead atoms. The molecule has 0 spiro atoms. The van der Waals surface area contributed by atoms with Crippen LogP contribution in [0.1, 0.15) is 18.4 Å². The Morgan fingerprint density at radius 3 is 2.38 bits per heavy atom. The zero-order valence-corrected chi connectivity index (χ0v) is 8.20. The van der Waals surface area contributed by atoms with Crippen molar-refractivity contribution in [1.29, 1.82) is 0 Å². The molecule has 0 aliphatic carbocycles. The second kappa shape index (κ2) is 5.00. The standard InChI is InChI=1S/C11H17NO/c1-9(12-2)11(8-13)10-6-4-3-5-7-10/h3-7,9,11-13H,8H2,1-2H3. The SMILES string of the molecule is CNC(C)C(CO)c1ccccc1. The van der Waals surface area contributed by atoms with Gasteiger partial charge in [-0.15, -0.1) is 0 Å². The minimum absolute atomic E-state index is 0.186. The highest BCUT2D eigenvalue weighted by molar-refractivity contribution is 5.21. The second-order valence-electron chi connectivity index (χ2n) is 3.28. The zero-order valence-electron chi connectivity index (χ0n) is 8.20. The van der Waals surface area contributed by atoms with E-state index in [1.807, 2.05) is 25.2 Å². The summed E-state index contributed by atoms with van der Waals surface area (Å²) in [7, 11) is 1.91. The molecule has 72 valence electrons. The molecular weight excluding hydrogens is 162 g/mol. The van der Waals surface area contributed by atoms with Gasteiger partial charge in [-0.1, -0.05) is 30.3 Å². The quantitative estimate of drug-likeness (QED) is 0.731. The number of hydrogen-bond donors (Lipinski definition) is 2. The van der Waals surface area contributed by atoms with Gasteiger partial charge >= 0.3 is 0 Å². The van der Waals surface area contributed by atoms with Gasteiger partial charge < -0.3 is 10.4 Å². The van der Waals surface area contributed by atoms with Crippen molar-refractivity contribution in [1.82, 2.24) is 5.32 Å². The molecule has 0 aromatic heterocycles. The first-order valence-corrected chi connectivity index (χ1v) is 4.62. The molecule has 0 radical (unpaired) electrons. The lowest BCUT2D eigenvalue weighted by molar-refractivity contribution is 0.243. The predicted octanol–water partition coefficient (Wildman–Crippen LogP) is 1.37. The summed E-state index contributed by atoms with van der Waals surface area (Å²) in [6.45, 7) is 2.26. The predicted molar refractivity (Wildman–Crippen MR) is 54.8 cm³/mol. The fourth-order valence-corrected chi connectivity index (χ4v) is 1.45. The minimum atomic E-state index is 0.186. The van der Waals surface area contributed by atoms with Gasteiger partial charge in [-0.05, 0) is 19.5 Å². The molecule has 2 nitrogen and oxygen atoms in total. The summed E-state index contributed by atoms with van der Waals surface area (Å²) in [5, 5.41) is 12.4. The summed E-state index contributed by atoms with van der Waals surface area (Å²) in [5.41, 5.74) is 1.19.